The lowest BCUT2D eigenvalue weighted by molar-refractivity contribution is -0.132. The van der Waals surface area contributed by atoms with E-state index in [1.54, 1.807) is 0 Å². The van der Waals surface area contributed by atoms with Crippen LogP contribution < -0.4 is 5.32 Å². The molecule has 116 valence electrons. The van der Waals surface area contributed by atoms with E-state index in [4.69, 9.17) is 5.11 Å². The van der Waals surface area contributed by atoms with Crippen LogP contribution >= 0.6 is 0 Å². The van der Waals surface area contributed by atoms with Crippen molar-refractivity contribution < 1.29 is 9.90 Å². The van der Waals surface area contributed by atoms with E-state index < -0.39 is 0 Å². The van der Waals surface area contributed by atoms with Crippen LogP contribution in [0.1, 0.15) is 50.7 Å². The van der Waals surface area contributed by atoms with Gasteiger partial charge in [-0.1, -0.05) is 51.0 Å². The minimum atomic E-state index is -0.253. The van der Waals surface area contributed by atoms with Gasteiger partial charge >= 0.3 is 0 Å². The molecule has 0 bridgehead atoms. The predicted octanol–water partition coefficient (Wildman–Crippen LogP) is 3.05. The molecule has 1 fully saturated rings. The Morgan fingerprint density at radius 1 is 1.19 bits per heavy atom. The van der Waals surface area contributed by atoms with E-state index in [1.807, 2.05) is 24.3 Å². The molecule has 0 aromatic heterocycles. The highest BCUT2D eigenvalue weighted by Gasteiger charge is 2.37. The normalized spacial score (nSPS) is 16.1. The van der Waals surface area contributed by atoms with Crippen molar-refractivity contribution in [3.8, 4) is 0 Å². The molecule has 21 heavy (non-hydrogen) atoms. The van der Waals surface area contributed by atoms with E-state index in [0.717, 1.165) is 12.0 Å². The van der Waals surface area contributed by atoms with Crippen LogP contribution in [0.2, 0.25) is 0 Å². The molecule has 0 aliphatic heterocycles. The van der Waals surface area contributed by atoms with Gasteiger partial charge in [0, 0.05) is 12.0 Å². The summed E-state index contributed by atoms with van der Waals surface area (Å²) in [6.45, 7) is 4.91. The molecule has 1 aromatic rings. The number of hydrogen-bond acceptors (Lipinski definition) is 2. The zero-order chi connectivity index (χ0) is 15.3. The molecule has 1 aliphatic carbocycles. The number of aliphatic hydroxyl groups is 1. The summed E-state index contributed by atoms with van der Waals surface area (Å²) in [5.74, 6) is 0.711. The maximum absolute atomic E-state index is 12.4. The third kappa shape index (κ3) is 4.07. The molecular weight excluding hydrogens is 262 g/mol. The van der Waals surface area contributed by atoms with E-state index in [2.05, 4.69) is 19.2 Å². The molecule has 0 heterocycles. The van der Waals surface area contributed by atoms with E-state index in [0.29, 0.717) is 12.5 Å². The summed E-state index contributed by atoms with van der Waals surface area (Å²) in [4.78, 5) is 12.4. The predicted molar refractivity (Wildman–Crippen MR) is 84.8 cm³/mol. The molecule has 0 radical (unpaired) electrons. The molecule has 1 aliphatic rings. The number of carbonyl (C=O) groups is 1. The van der Waals surface area contributed by atoms with Crippen molar-refractivity contribution >= 4 is 5.91 Å². The minimum Gasteiger partial charge on any atom is -0.392 e. The molecule has 1 amide bonds. The Morgan fingerprint density at radius 2 is 1.76 bits per heavy atom. The van der Waals surface area contributed by atoms with Crippen molar-refractivity contribution in [2.45, 2.75) is 52.6 Å². The Kier molecular flexibility index (Phi) is 5.40. The van der Waals surface area contributed by atoms with Gasteiger partial charge in [-0.2, -0.15) is 0 Å². The number of benzene rings is 1. The first-order valence-corrected chi connectivity index (χ1v) is 8.01. The van der Waals surface area contributed by atoms with Gasteiger partial charge in [-0.3, -0.25) is 4.79 Å². The van der Waals surface area contributed by atoms with E-state index in [1.165, 1.54) is 31.2 Å². The van der Waals surface area contributed by atoms with E-state index in [-0.39, 0.29) is 17.9 Å². The number of hydrogen-bond donors (Lipinski definition) is 2. The standard InChI is InChI=1S/C18H27NO2/c1-18(2,16-5-3-4-6-16)17(21)19-12-11-14-7-9-15(13-20)10-8-14/h7-10,16,20H,3-6,11-13H2,1-2H3,(H,19,21). The van der Waals surface area contributed by atoms with Crippen molar-refractivity contribution in [3.05, 3.63) is 35.4 Å². The Balaban J connectivity index is 1.80. The van der Waals surface area contributed by atoms with Crippen LogP contribution in [0.5, 0.6) is 0 Å². The second-order valence-corrected chi connectivity index (χ2v) is 6.68. The smallest absolute Gasteiger partial charge is 0.225 e. The third-order valence-corrected chi connectivity index (χ3v) is 4.87. The Hall–Kier alpha value is -1.35. The molecule has 3 nitrogen and oxygen atoms in total. The van der Waals surface area contributed by atoms with Gasteiger partial charge in [0.15, 0.2) is 0 Å². The van der Waals surface area contributed by atoms with Crippen LogP contribution in [-0.2, 0) is 17.8 Å². The Morgan fingerprint density at radius 3 is 2.33 bits per heavy atom. The van der Waals surface area contributed by atoms with Crippen LogP contribution in [0.4, 0.5) is 0 Å². The summed E-state index contributed by atoms with van der Waals surface area (Å²) in [6, 6.07) is 7.89. The number of nitrogens with one attached hydrogen (secondary N) is 1. The zero-order valence-corrected chi connectivity index (χ0v) is 13.2. The van der Waals surface area contributed by atoms with Crippen molar-refractivity contribution in [1.29, 1.82) is 0 Å². The lowest BCUT2D eigenvalue weighted by Crippen LogP contribution is -2.41. The van der Waals surface area contributed by atoms with Crippen molar-refractivity contribution in [2.24, 2.45) is 11.3 Å². The molecule has 1 saturated carbocycles. The number of rotatable bonds is 6. The lowest BCUT2D eigenvalue weighted by Gasteiger charge is -2.30. The van der Waals surface area contributed by atoms with Gasteiger partial charge in [-0.25, -0.2) is 0 Å². The molecule has 0 spiro atoms. The number of aliphatic hydroxyl groups excluding tert-OH is 1. The monoisotopic (exact) mass is 289 g/mol. The van der Waals surface area contributed by atoms with Crippen LogP contribution in [0.15, 0.2) is 24.3 Å². The highest BCUT2D eigenvalue weighted by molar-refractivity contribution is 5.82. The van der Waals surface area contributed by atoms with Gasteiger partial charge in [0.2, 0.25) is 5.91 Å². The molecule has 3 heteroatoms. The molecule has 2 N–H and O–H groups in total. The van der Waals surface area contributed by atoms with Gasteiger partial charge in [-0.15, -0.1) is 0 Å². The fourth-order valence-electron chi connectivity index (χ4n) is 3.19. The average molecular weight is 289 g/mol. The number of carbonyl (C=O) groups excluding carboxylic acids is 1. The Bertz CT molecular complexity index is 459. The summed E-state index contributed by atoms with van der Waals surface area (Å²) < 4.78 is 0. The first kappa shape index (κ1) is 16.0. The zero-order valence-electron chi connectivity index (χ0n) is 13.2. The van der Waals surface area contributed by atoms with Gasteiger partial charge in [0.25, 0.3) is 0 Å². The Labute approximate surface area is 127 Å². The van der Waals surface area contributed by atoms with E-state index in [9.17, 15) is 4.79 Å². The summed E-state index contributed by atoms with van der Waals surface area (Å²) in [7, 11) is 0. The van der Waals surface area contributed by atoms with Crippen LogP contribution in [0.25, 0.3) is 0 Å². The third-order valence-electron chi connectivity index (χ3n) is 4.87. The molecular formula is C18H27NO2. The molecule has 0 atom stereocenters. The van der Waals surface area contributed by atoms with Gasteiger partial charge in [0.05, 0.1) is 6.61 Å². The maximum Gasteiger partial charge on any atom is 0.225 e. The first-order chi connectivity index (χ1) is 10.0. The molecule has 1 aromatic carbocycles. The highest BCUT2D eigenvalue weighted by Crippen LogP contribution is 2.39. The fraction of sp³-hybridized carbons (Fsp3) is 0.611. The topological polar surface area (TPSA) is 49.3 Å². The summed E-state index contributed by atoms with van der Waals surface area (Å²) in [6.07, 6.45) is 5.72. The van der Waals surface area contributed by atoms with Crippen LogP contribution in [-0.4, -0.2) is 17.6 Å². The average Bonchev–Trinajstić information content (AvgIpc) is 3.02. The van der Waals surface area contributed by atoms with Crippen LogP contribution in [0, 0.1) is 11.3 Å². The SMILES string of the molecule is CC(C)(C(=O)NCCc1ccc(CO)cc1)C1CCCC1. The summed E-state index contributed by atoms with van der Waals surface area (Å²) in [5.41, 5.74) is 1.85. The van der Waals surface area contributed by atoms with E-state index >= 15 is 0 Å². The van der Waals surface area contributed by atoms with Gasteiger partial charge in [0.1, 0.15) is 0 Å². The van der Waals surface area contributed by atoms with Crippen molar-refractivity contribution in [2.75, 3.05) is 6.54 Å². The fourth-order valence-corrected chi connectivity index (χ4v) is 3.19. The van der Waals surface area contributed by atoms with Gasteiger partial charge < -0.3 is 10.4 Å². The summed E-state index contributed by atoms with van der Waals surface area (Å²) >= 11 is 0. The largest absolute Gasteiger partial charge is 0.392 e. The maximum atomic E-state index is 12.4. The van der Waals surface area contributed by atoms with Crippen molar-refractivity contribution in [1.82, 2.24) is 5.32 Å². The first-order valence-electron chi connectivity index (χ1n) is 8.01. The lowest BCUT2D eigenvalue weighted by atomic mass is 9.77. The quantitative estimate of drug-likeness (QED) is 0.845. The molecule has 0 saturated heterocycles. The summed E-state index contributed by atoms with van der Waals surface area (Å²) in [5, 5.41) is 12.1. The molecule has 2 rings (SSSR count). The highest BCUT2D eigenvalue weighted by atomic mass is 16.3. The molecule has 0 unspecified atom stereocenters. The van der Waals surface area contributed by atoms with Gasteiger partial charge in [-0.05, 0) is 36.3 Å². The van der Waals surface area contributed by atoms with Crippen molar-refractivity contribution in [3.63, 3.8) is 0 Å². The second kappa shape index (κ2) is 7.08. The van der Waals surface area contributed by atoms with Crippen LogP contribution in [0.3, 0.4) is 0 Å². The second-order valence-electron chi connectivity index (χ2n) is 6.68. The number of amides is 1. The minimum absolute atomic E-state index is 0.0760.